The molecule has 0 aromatic heterocycles. The zero-order valence-electron chi connectivity index (χ0n) is 11.9. The van der Waals surface area contributed by atoms with E-state index in [1.807, 2.05) is 31.2 Å². The molecular weight excluding hydrogens is 254 g/mol. The molecule has 1 saturated carbocycles. The standard InChI is InChI=1S/C15H23N3O2/c1-11-3-2-4-13(7-11)18-15(16)17-8-14(19)10-20-9-12-5-6-12/h2-4,7,12,14,19H,5-6,8-10H2,1H3,(H3,16,17,18). The largest absolute Gasteiger partial charge is 0.389 e. The van der Waals surface area contributed by atoms with Gasteiger partial charge in [0.15, 0.2) is 5.96 Å². The molecule has 1 aliphatic rings. The van der Waals surface area contributed by atoms with Crippen molar-refractivity contribution in [1.82, 2.24) is 0 Å². The first-order valence-corrected chi connectivity index (χ1v) is 7.03. The van der Waals surface area contributed by atoms with E-state index in [1.54, 1.807) is 0 Å². The van der Waals surface area contributed by atoms with E-state index >= 15 is 0 Å². The smallest absolute Gasteiger partial charge is 0.193 e. The van der Waals surface area contributed by atoms with Crippen LogP contribution in [0.25, 0.3) is 0 Å². The molecule has 110 valence electrons. The molecule has 0 radical (unpaired) electrons. The van der Waals surface area contributed by atoms with Crippen LogP contribution in [0.4, 0.5) is 5.69 Å². The van der Waals surface area contributed by atoms with Gasteiger partial charge < -0.3 is 20.9 Å². The van der Waals surface area contributed by atoms with Crippen molar-refractivity contribution >= 4 is 11.6 Å². The maximum absolute atomic E-state index is 9.73. The maximum Gasteiger partial charge on any atom is 0.193 e. The monoisotopic (exact) mass is 277 g/mol. The summed E-state index contributed by atoms with van der Waals surface area (Å²) in [6.45, 7) is 3.32. The summed E-state index contributed by atoms with van der Waals surface area (Å²) in [5, 5.41) is 12.7. The second-order valence-corrected chi connectivity index (χ2v) is 5.36. The van der Waals surface area contributed by atoms with E-state index in [9.17, 15) is 5.11 Å². The van der Waals surface area contributed by atoms with Crippen molar-refractivity contribution in [3.8, 4) is 0 Å². The number of anilines is 1. The van der Waals surface area contributed by atoms with Gasteiger partial charge in [0.25, 0.3) is 0 Å². The molecule has 1 aromatic carbocycles. The van der Waals surface area contributed by atoms with Crippen molar-refractivity contribution < 1.29 is 9.84 Å². The van der Waals surface area contributed by atoms with Gasteiger partial charge in [0.05, 0.1) is 19.3 Å². The van der Waals surface area contributed by atoms with Gasteiger partial charge >= 0.3 is 0 Å². The highest BCUT2D eigenvalue weighted by Crippen LogP contribution is 2.28. The Balaban J connectivity index is 1.69. The van der Waals surface area contributed by atoms with Gasteiger partial charge in [-0.05, 0) is 43.4 Å². The average molecular weight is 277 g/mol. The number of nitrogens with zero attached hydrogens (tertiary/aromatic N) is 1. The van der Waals surface area contributed by atoms with Crippen molar-refractivity contribution in [1.29, 1.82) is 0 Å². The minimum Gasteiger partial charge on any atom is -0.389 e. The number of ether oxygens (including phenoxy) is 1. The van der Waals surface area contributed by atoms with Crippen LogP contribution in [0.5, 0.6) is 0 Å². The van der Waals surface area contributed by atoms with E-state index in [4.69, 9.17) is 10.5 Å². The second kappa shape index (κ2) is 7.26. The van der Waals surface area contributed by atoms with E-state index in [0.717, 1.165) is 17.9 Å². The molecule has 4 N–H and O–H groups in total. The zero-order chi connectivity index (χ0) is 14.4. The number of hydrogen-bond donors (Lipinski definition) is 3. The van der Waals surface area contributed by atoms with Gasteiger partial charge in [0.2, 0.25) is 0 Å². The molecule has 5 heteroatoms. The average Bonchev–Trinajstić information content (AvgIpc) is 3.20. The van der Waals surface area contributed by atoms with Crippen LogP contribution in [0.2, 0.25) is 0 Å². The molecule has 5 nitrogen and oxygen atoms in total. The first-order valence-electron chi connectivity index (χ1n) is 7.03. The molecular formula is C15H23N3O2. The van der Waals surface area contributed by atoms with Crippen LogP contribution in [0.1, 0.15) is 18.4 Å². The molecule has 0 bridgehead atoms. The van der Waals surface area contributed by atoms with E-state index < -0.39 is 6.10 Å². The molecule has 1 unspecified atom stereocenters. The minimum atomic E-state index is -0.605. The highest BCUT2D eigenvalue weighted by Gasteiger charge is 2.21. The second-order valence-electron chi connectivity index (χ2n) is 5.36. The van der Waals surface area contributed by atoms with Crippen LogP contribution < -0.4 is 11.1 Å². The van der Waals surface area contributed by atoms with Crippen LogP contribution in [0, 0.1) is 12.8 Å². The Kier molecular flexibility index (Phi) is 5.38. The molecule has 0 aliphatic heterocycles. The lowest BCUT2D eigenvalue weighted by Gasteiger charge is -2.10. The fraction of sp³-hybridized carbons (Fsp3) is 0.533. The van der Waals surface area contributed by atoms with Crippen LogP contribution in [0.3, 0.4) is 0 Å². The van der Waals surface area contributed by atoms with Crippen LogP contribution >= 0.6 is 0 Å². The SMILES string of the molecule is Cc1cccc(NC(N)=NCC(O)COCC2CC2)c1. The maximum atomic E-state index is 9.73. The van der Waals surface area contributed by atoms with Crippen LogP contribution in [0.15, 0.2) is 29.3 Å². The molecule has 20 heavy (non-hydrogen) atoms. The quantitative estimate of drug-likeness (QED) is 0.521. The number of guanidine groups is 1. The zero-order valence-corrected chi connectivity index (χ0v) is 11.9. The molecule has 1 atom stereocenters. The number of aryl methyl sites for hydroxylation is 1. The van der Waals surface area contributed by atoms with E-state index in [2.05, 4.69) is 10.3 Å². The molecule has 2 rings (SSSR count). The summed E-state index contributed by atoms with van der Waals surface area (Å²) in [5.74, 6) is 1.01. The Hall–Kier alpha value is -1.59. The summed E-state index contributed by atoms with van der Waals surface area (Å²) in [7, 11) is 0. The fourth-order valence-electron chi connectivity index (χ4n) is 1.82. The summed E-state index contributed by atoms with van der Waals surface area (Å²) in [6.07, 6.45) is 1.90. The molecule has 0 heterocycles. The van der Waals surface area contributed by atoms with Crippen molar-refractivity contribution in [3.63, 3.8) is 0 Å². The van der Waals surface area contributed by atoms with Crippen LogP contribution in [-0.2, 0) is 4.74 Å². The lowest BCUT2D eigenvalue weighted by Crippen LogP contribution is -2.26. The summed E-state index contributed by atoms with van der Waals surface area (Å²) in [6, 6.07) is 7.87. The van der Waals surface area contributed by atoms with Gasteiger partial charge in [-0.3, -0.25) is 4.99 Å². The van der Waals surface area contributed by atoms with Gasteiger partial charge in [0, 0.05) is 12.3 Å². The number of benzene rings is 1. The molecule has 1 fully saturated rings. The topological polar surface area (TPSA) is 79.9 Å². The molecule has 0 amide bonds. The molecule has 1 aromatic rings. The molecule has 0 spiro atoms. The normalized spacial score (nSPS) is 17.0. The third kappa shape index (κ3) is 5.59. The number of rotatable bonds is 7. The summed E-state index contributed by atoms with van der Waals surface area (Å²) in [5.41, 5.74) is 7.82. The van der Waals surface area contributed by atoms with E-state index in [0.29, 0.717) is 18.5 Å². The predicted octanol–water partition coefficient (Wildman–Crippen LogP) is 1.51. The van der Waals surface area contributed by atoms with Crippen molar-refractivity contribution in [2.45, 2.75) is 25.9 Å². The van der Waals surface area contributed by atoms with Crippen molar-refractivity contribution in [2.75, 3.05) is 25.1 Å². The highest BCUT2D eigenvalue weighted by molar-refractivity contribution is 5.92. The molecule has 0 saturated heterocycles. The number of nitrogens with two attached hydrogens (primary N) is 1. The lowest BCUT2D eigenvalue weighted by molar-refractivity contribution is 0.0369. The number of nitrogens with one attached hydrogen (secondary N) is 1. The Labute approximate surface area is 119 Å². The van der Waals surface area contributed by atoms with Crippen molar-refractivity contribution in [3.05, 3.63) is 29.8 Å². The number of aliphatic imine (C=N–C) groups is 1. The van der Waals surface area contributed by atoms with Crippen molar-refractivity contribution in [2.24, 2.45) is 16.6 Å². The summed E-state index contributed by atoms with van der Waals surface area (Å²) >= 11 is 0. The lowest BCUT2D eigenvalue weighted by atomic mass is 10.2. The van der Waals surface area contributed by atoms with Gasteiger partial charge in [0.1, 0.15) is 0 Å². The Morgan fingerprint density at radius 2 is 2.35 bits per heavy atom. The first-order chi connectivity index (χ1) is 9.63. The Bertz CT molecular complexity index is 458. The minimum absolute atomic E-state index is 0.245. The Morgan fingerprint density at radius 3 is 3.05 bits per heavy atom. The van der Waals surface area contributed by atoms with Gasteiger partial charge in [-0.25, -0.2) is 0 Å². The van der Waals surface area contributed by atoms with Crippen LogP contribution in [-0.4, -0.2) is 36.9 Å². The highest BCUT2D eigenvalue weighted by atomic mass is 16.5. The Morgan fingerprint density at radius 1 is 1.55 bits per heavy atom. The first kappa shape index (κ1) is 14.8. The third-order valence-electron chi connectivity index (χ3n) is 3.12. The fourth-order valence-corrected chi connectivity index (χ4v) is 1.82. The number of hydrogen-bond acceptors (Lipinski definition) is 3. The van der Waals surface area contributed by atoms with Gasteiger partial charge in [-0.1, -0.05) is 12.1 Å². The third-order valence-corrected chi connectivity index (χ3v) is 3.12. The van der Waals surface area contributed by atoms with Gasteiger partial charge in [-0.2, -0.15) is 0 Å². The number of aliphatic hydroxyl groups excluding tert-OH is 1. The van der Waals surface area contributed by atoms with Gasteiger partial charge in [-0.15, -0.1) is 0 Å². The van der Waals surface area contributed by atoms with E-state index in [-0.39, 0.29) is 6.54 Å². The number of aliphatic hydroxyl groups is 1. The predicted molar refractivity (Wildman–Crippen MR) is 80.8 cm³/mol. The van der Waals surface area contributed by atoms with E-state index in [1.165, 1.54) is 12.8 Å². The summed E-state index contributed by atoms with van der Waals surface area (Å²) in [4.78, 5) is 4.12. The summed E-state index contributed by atoms with van der Waals surface area (Å²) < 4.78 is 5.41. The molecule has 1 aliphatic carbocycles.